The molecular formula is C23H26N4O3. The number of aromatic nitrogens is 3. The molecule has 1 amide bonds. The number of hydrogen-bond donors (Lipinski definition) is 1. The highest BCUT2D eigenvalue weighted by molar-refractivity contribution is 5.79. The molecule has 0 radical (unpaired) electrons. The normalized spacial score (nSPS) is 16.0. The minimum atomic E-state index is -0.0499. The molecule has 4 rings (SSSR count). The standard InChI is InChI=1S/C23H26N4O3/c1-15-6-7-20(21(11-15)29-3)30-14-22(28)27-10-4-5-19(27)23-18(13-25-26-23)17-8-9-24-12-16(17)2/h6-9,11-13,19H,4-5,10,14H2,1-3H3,(H,25,26). The van der Waals surface area contributed by atoms with E-state index in [1.807, 2.05) is 55.4 Å². The van der Waals surface area contributed by atoms with Gasteiger partial charge in [-0.25, -0.2) is 0 Å². The summed E-state index contributed by atoms with van der Waals surface area (Å²) in [7, 11) is 1.60. The van der Waals surface area contributed by atoms with Crippen molar-refractivity contribution in [2.45, 2.75) is 32.7 Å². The van der Waals surface area contributed by atoms with Crippen molar-refractivity contribution >= 4 is 5.91 Å². The molecule has 3 heterocycles. The zero-order chi connectivity index (χ0) is 21.1. The molecule has 0 spiro atoms. The van der Waals surface area contributed by atoms with Gasteiger partial charge in [0.05, 0.1) is 25.0 Å². The van der Waals surface area contributed by atoms with Crippen LogP contribution in [0, 0.1) is 13.8 Å². The number of aryl methyl sites for hydroxylation is 2. The number of benzene rings is 1. The lowest BCUT2D eigenvalue weighted by molar-refractivity contribution is -0.134. The van der Waals surface area contributed by atoms with Crippen LogP contribution < -0.4 is 9.47 Å². The highest BCUT2D eigenvalue weighted by Gasteiger charge is 2.33. The molecule has 1 aliphatic rings. The van der Waals surface area contributed by atoms with E-state index in [1.54, 1.807) is 13.3 Å². The fourth-order valence-corrected chi connectivity index (χ4v) is 4.02. The summed E-state index contributed by atoms with van der Waals surface area (Å²) in [4.78, 5) is 19.1. The second-order valence-electron chi connectivity index (χ2n) is 7.58. The maximum absolute atomic E-state index is 13.0. The number of nitrogens with one attached hydrogen (secondary N) is 1. The van der Waals surface area contributed by atoms with E-state index in [0.29, 0.717) is 18.0 Å². The maximum Gasteiger partial charge on any atom is 0.261 e. The molecule has 1 atom stereocenters. The number of rotatable bonds is 6. The van der Waals surface area contributed by atoms with Crippen LogP contribution in [-0.2, 0) is 4.79 Å². The lowest BCUT2D eigenvalue weighted by Gasteiger charge is -2.25. The van der Waals surface area contributed by atoms with E-state index in [0.717, 1.165) is 40.8 Å². The Bertz CT molecular complexity index is 1050. The minimum Gasteiger partial charge on any atom is -0.493 e. The van der Waals surface area contributed by atoms with Crippen LogP contribution in [-0.4, -0.2) is 46.2 Å². The minimum absolute atomic E-state index is 0.0341. The smallest absolute Gasteiger partial charge is 0.261 e. The molecular weight excluding hydrogens is 380 g/mol. The molecule has 156 valence electrons. The quantitative estimate of drug-likeness (QED) is 0.673. The third-order valence-electron chi connectivity index (χ3n) is 5.56. The summed E-state index contributed by atoms with van der Waals surface area (Å²) in [6, 6.07) is 7.60. The number of amides is 1. The van der Waals surface area contributed by atoms with E-state index in [4.69, 9.17) is 9.47 Å². The molecule has 1 N–H and O–H groups in total. The van der Waals surface area contributed by atoms with Crippen molar-refractivity contribution in [2.24, 2.45) is 0 Å². The van der Waals surface area contributed by atoms with Crippen LogP contribution in [0.4, 0.5) is 0 Å². The van der Waals surface area contributed by atoms with E-state index < -0.39 is 0 Å². The average Bonchev–Trinajstić information content (AvgIpc) is 3.42. The van der Waals surface area contributed by atoms with E-state index in [1.165, 1.54) is 0 Å². The van der Waals surface area contributed by atoms with Crippen LogP contribution in [0.3, 0.4) is 0 Å². The van der Waals surface area contributed by atoms with Gasteiger partial charge in [-0.15, -0.1) is 0 Å². The van der Waals surface area contributed by atoms with Gasteiger partial charge in [-0.05, 0) is 61.6 Å². The Hall–Kier alpha value is -3.35. The zero-order valence-corrected chi connectivity index (χ0v) is 17.5. The summed E-state index contributed by atoms with van der Waals surface area (Å²) < 4.78 is 11.2. The molecule has 1 saturated heterocycles. The van der Waals surface area contributed by atoms with Crippen molar-refractivity contribution in [3.8, 4) is 22.6 Å². The van der Waals surface area contributed by atoms with Crippen molar-refractivity contribution in [1.29, 1.82) is 0 Å². The third-order valence-corrected chi connectivity index (χ3v) is 5.56. The fourth-order valence-electron chi connectivity index (χ4n) is 4.02. The van der Waals surface area contributed by atoms with Gasteiger partial charge >= 0.3 is 0 Å². The van der Waals surface area contributed by atoms with E-state index in [9.17, 15) is 4.79 Å². The van der Waals surface area contributed by atoms with Crippen LogP contribution in [0.2, 0.25) is 0 Å². The predicted octanol–water partition coefficient (Wildman–Crippen LogP) is 3.84. The van der Waals surface area contributed by atoms with Crippen molar-refractivity contribution < 1.29 is 14.3 Å². The largest absolute Gasteiger partial charge is 0.493 e. The van der Waals surface area contributed by atoms with Crippen molar-refractivity contribution in [3.63, 3.8) is 0 Å². The number of nitrogens with zero attached hydrogens (tertiary/aromatic N) is 3. The number of carbonyl (C=O) groups excluding carboxylic acids is 1. The molecule has 1 unspecified atom stereocenters. The number of aromatic amines is 1. The second-order valence-corrected chi connectivity index (χ2v) is 7.58. The van der Waals surface area contributed by atoms with E-state index in [-0.39, 0.29) is 18.6 Å². The number of pyridine rings is 1. The van der Waals surface area contributed by atoms with Gasteiger partial charge in [0.2, 0.25) is 0 Å². The van der Waals surface area contributed by atoms with Crippen LogP contribution in [0.15, 0.2) is 42.9 Å². The van der Waals surface area contributed by atoms with Crippen LogP contribution in [0.1, 0.15) is 35.7 Å². The van der Waals surface area contributed by atoms with Crippen molar-refractivity contribution in [1.82, 2.24) is 20.1 Å². The van der Waals surface area contributed by atoms with Gasteiger partial charge < -0.3 is 14.4 Å². The fraction of sp³-hybridized carbons (Fsp3) is 0.348. The highest BCUT2D eigenvalue weighted by Crippen LogP contribution is 2.37. The molecule has 0 bridgehead atoms. The lowest BCUT2D eigenvalue weighted by atomic mass is 9.99. The van der Waals surface area contributed by atoms with Crippen LogP contribution >= 0.6 is 0 Å². The molecule has 0 aliphatic carbocycles. The molecule has 7 heteroatoms. The van der Waals surface area contributed by atoms with Gasteiger partial charge in [0.1, 0.15) is 0 Å². The Morgan fingerprint density at radius 3 is 2.87 bits per heavy atom. The Labute approximate surface area is 176 Å². The molecule has 1 aliphatic heterocycles. The Morgan fingerprint density at radius 2 is 2.07 bits per heavy atom. The van der Waals surface area contributed by atoms with Gasteiger partial charge in [0.15, 0.2) is 18.1 Å². The van der Waals surface area contributed by atoms with E-state index >= 15 is 0 Å². The first-order valence-electron chi connectivity index (χ1n) is 10.1. The summed E-state index contributed by atoms with van der Waals surface area (Å²) in [5.41, 5.74) is 5.20. The number of hydrogen-bond acceptors (Lipinski definition) is 5. The Kier molecular flexibility index (Phi) is 5.70. The van der Waals surface area contributed by atoms with Crippen molar-refractivity contribution in [2.75, 3.05) is 20.3 Å². The Balaban J connectivity index is 1.52. The first kappa shape index (κ1) is 19.9. The molecule has 30 heavy (non-hydrogen) atoms. The van der Waals surface area contributed by atoms with Crippen LogP contribution in [0.25, 0.3) is 11.1 Å². The van der Waals surface area contributed by atoms with Gasteiger partial charge in [0.25, 0.3) is 5.91 Å². The molecule has 3 aromatic rings. The number of ether oxygens (including phenoxy) is 2. The predicted molar refractivity (Wildman–Crippen MR) is 113 cm³/mol. The maximum atomic E-state index is 13.0. The molecule has 1 fully saturated rings. The summed E-state index contributed by atoms with van der Waals surface area (Å²) in [5, 5.41) is 7.40. The average molecular weight is 406 g/mol. The molecule has 0 saturated carbocycles. The number of H-pyrrole nitrogens is 1. The molecule has 7 nitrogen and oxygen atoms in total. The highest BCUT2D eigenvalue weighted by atomic mass is 16.5. The van der Waals surface area contributed by atoms with Crippen molar-refractivity contribution in [3.05, 3.63) is 59.7 Å². The zero-order valence-electron chi connectivity index (χ0n) is 17.5. The summed E-state index contributed by atoms with van der Waals surface area (Å²) in [6.07, 6.45) is 7.27. The first-order valence-corrected chi connectivity index (χ1v) is 10.1. The van der Waals surface area contributed by atoms with Gasteiger partial charge in [0, 0.05) is 24.5 Å². The van der Waals surface area contributed by atoms with Gasteiger partial charge in [-0.2, -0.15) is 5.10 Å². The Morgan fingerprint density at radius 1 is 1.20 bits per heavy atom. The first-order chi connectivity index (χ1) is 14.6. The SMILES string of the molecule is COc1cc(C)ccc1OCC(=O)N1CCCC1c1[nH]ncc1-c1ccncc1C. The topological polar surface area (TPSA) is 80.3 Å². The lowest BCUT2D eigenvalue weighted by Crippen LogP contribution is -2.34. The summed E-state index contributed by atoms with van der Waals surface area (Å²) >= 11 is 0. The number of carbonyl (C=O) groups is 1. The van der Waals surface area contributed by atoms with Crippen LogP contribution in [0.5, 0.6) is 11.5 Å². The third kappa shape index (κ3) is 3.87. The van der Waals surface area contributed by atoms with Gasteiger partial charge in [-0.3, -0.25) is 14.9 Å². The molecule has 1 aromatic carbocycles. The summed E-state index contributed by atoms with van der Waals surface area (Å²) in [6.45, 7) is 4.68. The second kappa shape index (κ2) is 8.57. The summed E-state index contributed by atoms with van der Waals surface area (Å²) in [5.74, 6) is 1.15. The van der Waals surface area contributed by atoms with E-state index in [2.05, 4.69) is 15.2 Å². The number of likely N-dealkylation sites (tertiary alicyclic amines) is 1. The van der Waals surface area contributed by atoms with Gasteiger partial charge in [-0.1, -0.05) is 6.07 Å². The monoisotopic (exact) mass is 406 g/mol. The number of methoxy groups -OCH3 is 1. The molecule has 2 aromatic heterocycles.